The molecule has 1 saturated heterocycles. The van der Waals surface area contributed by atoms with Gasteiger partial charge in [0, 0.05) is 18.8 Å². The van der Waals surface area contributed by atoms with Crippen LogP contribution >= 0.6 is 12.4 Å². The number of nitrogens with zero attached hydrogens (tertiary/aromatic N) is 1. The Hall–Kier alpha value is -1.06. The molecule has 0 radical (unpaired) electrons. The van der Waals surface area contributed by atoms with Crippen LogP contribution in [0, 0.1) is 5.41 Å². The number of hydrogen-bond acceptors (Lipinski definition) is 2. The van der Waals surface area contributed by atoms with Crippen molar-refractivity contribution >= 4 is 24.0 Å². The highest BCUT2D eigenvalue weighted by Crippen LogP contribution is 2.41. The molecule has 0 saturated carbocycles. The third-order valence-corrected chi connectivity index (χ3v) is 4.20. The number of rotatable bonds is 2. The van der Waals surface area contributed by atoms with Gasteiger partial charge in [0.05, 0.1) is 5.41 Å². The fourth-order valence-corrected chi connectivity index (χ4v) is 3.28. The maximum absolute atomic E-state index is 12.8. The molecule has 0 bridgehead atoms. The van der Waals surface area contributed by atoms with E-state index in [2.05, 4.69) is 30.4 Å². The molecule has 1 fully saturated rings. The van der Waals surface area contributed by atoms with E-state index >= 15 is 0 Å². The summed E-state index contributed by atoms with van der Waals surface area (Å²) in [6.45, 7) is 4.76. The third-order valence-electron chi connectivity index (χ3n) is 4.20. The van der Waals surface area contributed by atoms with Gasteiger partial charge in [-0.05, 0) is 37.4 Å². The van der Waals surface area contributed by atoms with Crippen LogP contribution in [0.4, 0.5) is 5.69 Å². The van der Waals surface area contributed by atoms with Crippen LogP contribution in [0.2, 0.25) is 0 Å². The SMILES string of the molecule is CCCN1C(=O)C2(CCNC2)Cc2ccccc21.Cl. The quantitative estimate of drug-likeness (QED) is 0.902. The number of benzene rings is 1. The Kier molecular flexibility index (Phi) is 4.16. The molecule has 0 aliphatic carbocycles. The Morgan fingerprint density at radius 2 is 2.16 bits per heavy atom. The number of carbonyl (C=O) groups excluding carboxylic acids is 1. The lowest BCUT2D eigenvalue weighted by Gasteiger charge is -2.40. The number of para-hydroxylation sites is 1. The zero-order valence-corrected chi connectivity index (χ0v) is 12.1. The van der Waals surface area contributed by atoms with Crippen LogP contribution in [0.15, 0.2) is 24.3 Å². The van der Waals surface area contributed by atoms with E-state index in [1.807, 2.05) is 11.0 Å². The van der Waals surface area contributed by atoms with Gasteiger partial charge in [-0.3, -0.25) is 4.79 Å². The van der Waals surface area contributed by atoms with E-state index in [0.29, 0.717) is 5.91 Å². The molecule has 1 N–H and O–H groups in total. The first-order valence-electron chi connectivity index (χ1n) is 6.87. The molecule has 0 aromatic heterocycles. The number of carbonyl (C=O) groups is 1. The lowest BCUT2D eigenvalue weighted by Crippen LogP contribution is -2.50. The Morgan fingerprint density at radius 1 is 1.37 bits per heavy atom. The summed E-state index contributed by atoms with van der Waals surface area (Å²) in [5, 5.41) is 3.36. The number of nitrogens with one attached hydrogen (secondary N) is 1. The van der Waals surface area contributed by atoms with Crippen molar-refractivity contribution in [1.82, 2.24) is 5.32 Å². The van der Waals surface area contributed by atoms with Gasteiger partial charge >= 0.3 is 0 Å². The van der Waals surface area contributed by atoms with Crippen molar-refractivity contribution in [1.29, 1.82) is 0 Å². The highest BCUT2D eigenvalue weighted by molar-refractivity contribution is 6.01. The van der Waals surface area contributed by atoms with Gasteiger partial charge in [0.2, 0.25) is 5.91 Å². The van der Waals surface area contributed by atoms with E-state index in [1.54, 1.807) is 0 Å². The molecule has 4 heteroatoms. The van der Waals surface area contributed by atoms with Gasteiger partial charge in [-0.15, -0.1) is 12.4 Å². The highest BCUT2D eigenvalue weighted by Gasteiger charge is 2.47. The summed E-state index contributed by atoms with van der Waals surface area (Å²) in [6.07, 6.45) is 2.87. The van der Waals surface area contributed by atoms with Crippen molar-refractivity contribution in [2.75, 3.05) is 24.5 Å². The molecular weight excluding hydrogens is 260 g/mol. The number of halogens is 1. The molecule has 1 unspecified atom stereocenters. The van der Waals surface area contributed by atoms with Gasteiger partial charge in [0.1, 0.15) is 0 Å². The molecule has 3 nitrogen and oxygen atoms in total. The first-order chi connectivity index (χ1) is 8.77. The maximum atomic E-state index is 12.8. The van der Waals surface area contributed by atoms with Crippen molar-refractivity contribution < 1.29 is 4.79 Å². The molecule has 1 aromatic rings. The van der Waals surface area contributed by atoms with Crippen molar-refractivity contribution in [3.63, 3.8) is 0 Å². The van der Waals surface area contributed by atoms with E-state index in [4.69, 9.17) is 0 Å². The van der Waals surface area contributed by atoms with Gasteiger partial charge < -0.3 is 10.2 Å². The molecule has 1 aromatic carbocycles. The van der Waals surface area contributed by atoms with E-state index in [0.717, 1.165) is 44.6 Å². The monoisotopic (exact) mass is 280 g/mol. The standard InChI is InChI=1S/C15H20N2O.ClH/c1-2-9-17-13-6-4-3-5-12(13)10-15(14(17)18)7-8-16-11-15;/h3-6,16H,2,7-11H2,1H3;1H. The van der Waals surface area contributed by atoms with E-state index < -0.39 is 0 Å². The zero-order valence-electron chi connectivity index (χ0n) is 11.3. The molecule has 3 rings (SSSR count). The molecule has 2 aliphatic rings. The Balaban J connectivity index is 0.00000133. The number of fused-ring (bicyclic) bond motifs is 1. The van der Waals surface area contributed by atoms with Crippen LogP contribution in [0.1, 0.15) is 25.3 Å². The summed E-state index contributed by atoms with van der Waals surface area (Å²) in [7, 11) is 0. The third kappa shape index (κ3) is 2.26. The molecule has 19 heavy (non-hydrogen) atoms. The van der Waals surface area contributed by atoms with Crippen molar-refractivity contribution in [3.05, 3.63) is 29.8 Å². The first kappa shape index (κ1) is 14.4. The van der Waals surface area contributed by atoms with Crippen LogP contribution in [0.25, 0.3) is 0 Å². The summed E-state index contributed by atoms with van der Waals surface area (Å²) in [5.41, 5.74) is 2.28. The van der Waals surface area contributed by atoms with Crippen molar-refractivity contribution in [2.24, 2.45) is 5.41 Å². The number of anilines is 1. The van der Waals surface area contributed by atoms with E-state index in [-0.39, 0.29) is 17.8 Å². The van der Waals surface area contributed by atoms with Gasteiger partial charge in [-0.2, -0.15) is 0 Å². The largest absolute Gasteiger partial charge is 0.316 e. The Bertz CT molecular complexity index is 469. The average molecular weight is 281 g/mol. The van der Waals surface area contributed by atoms with E-state index in [1.165, 1.54) is 5.56 Å². The number of hydrogen-bond donors (Lipinski definition) is 1. The maximum Gasteiger partial charge on any atom is 0.234 e. The fraction of sp³-hybridized carbons (Fsp3) is 0.533. The normalized spacial score (nSPS) is 25.3. The van der Waals surface area contributed by atoms with Gasteiger partial charge in [0.25, 0.3) is 0 Å². The first-order valence-corrected chi connectivity index (χ1v) is 6.87. The van der Waals surface area contributed by atoms with Crippen LogP contribution in [0.3, 0.4) is 0 Å². The smallest absolute Gasteiger partial charge is 0.234 e. The Morgan fingerprint density at radius 3 is 2.84 bits per heavy atom. The van der Waals surface area contributed by atoms with Crippen LogP contribution < -0.4 is 10.2 Å². The summed E-state index contributed by atoms with van der Waals surface area (Å²) in [4.78, 5) is 14.8. The van der Waals surface area contributed by atoms with Crippen molar-refractivity contribution in [3.8, 4) is 0 Å². The lowest BCUT2D eigenvalue weighted by molar-refractivity contribution is -0.127. The molecule has 2 heterocycles. The summed E-state index contributed by atoms with van der Waals surface area (Å²) >= 11 is 0. The summed E-state index contributed by atoms with van der Waals surface area (Å²) in [5.74, 6) is 0.327. The predicted octanol–water partition coefficient (Wildman–Crippen LogP) is 2.39. The minimum Gasteiger partial charge on any atom is -0.316 e. The van der Waals surface area contributed by atoms with Gasteiger partial charge in [-0.25, -0.2) is 0 Å². The molecule has 1 atom stereocenters. The van der Waals surface area contributed by atoms with Gasteiger partial charge in [0.15, 0.2) is 0 Å². The topological polar surface area (TPSA) is 32.3 Å². The minimum absolute atomic E-state index is 0. The van der Waals surface area contributed by atoms with Crippen molar-refractivity contribution in [2.45, 2.75) is 26.2 Å². The molecular formula is C15H21ClN2O. The average Bonchev–Trinajstić information content (AvgIpc) is 2.85. The van der Waals surface area contributed by atoms with Crippen LogP contribution in [-0.2, 0) is 11.2 Å². The second-order valence-electron chi connectivity index (χ2n) is 5.47. The molecule has 1 spiro atoms. The van der Waals surface area contributed by atoms with Crippen LogP contribution in [0.5, 0.6) is 0 Å². The Labute approximate surface area is 120 Å². The van der Waals surface area contributed by atoms with Crippen LogP contribution in [-0.4, -0.2) is 25.5 Å². The second kappa shape index (κ2) is 5.51. The van der Waals surface area contributed by atoms with Gasteiger partial charge in [-0.1, -0.05) is 25.1 Å². The molecule has 104 valence electrons. The molecule has 1 amide bonds. The fourth-order valence-electron chi connectivity index (χ4n) is 3.28. The predicted molar refractivity (Wildman–Crippen MR) is 80.0 cm³/mol. The lowest BCUT2D eigenvalue weighted by atomic mass is 9.76. The molecule has 2 aliphatic heterocycles. The van der Waals surface area contributed by atoms with E-state index in [9.17, 15) is 4.79 Å². The second-order valence-corrected chi connectivity index (χ2v) is 5.47. The summed E-state index contributed by atoms with van der Waals surface area (Å²) < 4.78 is 0. The summed E-state index contributed by atoms with van der Waals surface area (Å²) in [6, 6.07) is 8.36. The minimum atomic E-state index is -0.177. The highest BCUT2D eigenvalue weighted by atomic mass is 35.5. The zero-order chi connectivity index (χ0) is 12.6. The number of amides is 1.